The highest BCUT2D eigenvalue weighted by atomic mass is 16.5. The molecule has 2 heterocycles. The van der Waals surface area contributed by atoms with Gasteiger partial charge in [-0.3, -0.25) is 4.79 Å². The number of anilines is 1. The third kappa shape index (κ3) is 4.53. The van der Waals surface area contributed by atoms with Gasteiger partial charge in [0.15, 0.2) is 11.5 Å². The van der Waals surface area contributed by atoms with Crippen molar-refractivity contribution >= 4 is 17.6 Å². The molecular weight excluding hydrogens is 376 g/mol. The maximum Gasteiger partial charge on any atom is 0.332 e. The molecule has 1 atom stereocenters. The second kappa shape index (κ2) is 8.72. The van der Waals surface area contributed by atoms with Crippen LogP contribution < -0.4 is 19.7 Å². The number of rotatable bonds is 8. The van der Waals surface area contributed by atoms with Crippen molar-refractivity contribution in [3.8, 4) is 11.5 Å². The van der Waals surface area contributed by atoms with Crippen LogP contribution in [0, 0.1) is 0 Å². The van der Waals surface area contributed by atoms with E-state index in [1.165, 1.54) is 13.2 Å². The highest BCUT2D eigenvalue weighted by Gasteiger charge is 2.38. The zero-order valence-corrected chi connectivity index (χ0v) is 16.9. The van der Waals surface area contributed by atoms with Crippen LogP contribution >= 0.6 is 0 Å². The lowest BCUT2D eigenvalue weighted by Crippen LogP contribution is -2.62. The van der Waals surface area contributed by atoms with E-state index in [9.17, 15) is 9.59 Å². The summed E-state index contributed by atoms with van der Waals surface area (Å²) in [6.45, 7) is 2.20. The summed E-state index contributed by atoms with van der Waals surface area (Å²) in [6.07, 6.45) is 3.45. The number of carbonyl (C=O) groups is 2. The summed E-state index contributed by atoms with van der Waals surface area (Å²) >= 11 is 0. The molecule has 0 bridgehead atoms. The number of benzene rings is 1. The molecule has 0 radical (unpaired) electrons. The van der Waals surface area contributed by atoms with Gasteiger partial charge in [-0.15, -0.1) is 0 Å². The van der Waals surface area contributed by atoms with Gasteiger partial charge in [-0.05, 0) is 24.6 Å². The molecule has 1 aromatic carbocycles. The van der Waals surface area contributed by atoms with E-state index in [0.29, 0.717) is 35.8 Å². The Labute approximate surface area is 169 Å². The molecule has 1 aromatic heterocycles. The third-order valence-electron chi connectivity index (χ3n) is 4.64. The molecular formula is C21H24N2O6. The summed E-state index contributed by atoms with van der Waals surface area (Å²) in [7, 11) is 4.49. The van der Waals surface area contributed by atoms with Crippen molar-refractivity contribution in [3.05, 3.63) is 53.6 Å². The van der Waals surface area contributed by atoms with Gasteiger partial charge in [-0.25, -0.2) is 4.79 Å². The number of esters is 1. The highest BCUT2D eigenvalue weighted by Crippen LogP contribution is 2.30. The zero-order chi connectivity index (χ0) is 21.0. The van der Waals surface area contributed by atoms with Gasteiger partial charge in [0.05, 0.1) is 33.6 Å². The van der Waals surface area contributed by atoms with Crippen LogP contribution in [0.1, 0.15) is 18.2 Å². The normalized spacial score (nSPS) is 16.3. The first kappa shape index (κ1) is 20.3. The van der Waals surface area contributed by atoms with E-state index < -0.39 is 5.97 Å². The van der Waals surface area contributed by atoms with Crippen molar-refractivity contribution in [2.24, 2.45) is 0 Å². The molecule has 29 heavy (non-hydrogen) atoms. The molecule has 8 nitrogen and oxygen atoms in total. The van der Waals surface area contributed by atoms with E-state index >= 15 is 0 Å². The molecule has 8 heteroatoms. The Balaban J connectivity index is 1.61. The summed E-state index contributed by atoms with van der Waals surface area (Å²) in [6, 6.07) is 7.15. The van der Waals surface area contributed by atoms with E-state index in [1.54, 1.807) is 32.3 Å². The fourth-order valence-corrected chi connectivity index (χ4v) is 3.11. The first-order valence-electron chi connectivity index (χ1n) is 9.07. The molecule has 1 unspecified atom stereocenters. The number of furan rings is 1. The van der Waals surface area contributed by atoms with Gasteiger partial charge in [-0.2, -0.15) is 0 Å². The number of methoxy groups -OCH3 is 3. The van der Waals surface area contributed by atoms with Crippen molar-refractivity contribution in [1.82, 2.24) is 5.32 Å². The Morgan fingerprint density at radius 3 is 2.66 bits per heavy atom. The van der Waals surface area contributed by atoms with Crippen molar-refractivity contribution in [3.63, 3.8) is 0 Å². The number of allylic oxidation sites excluding steroid dienone is 1. The maximum absolute atomic E-state index is 12.4. The molecule has 0 spiro atoms. The number of nitrogens with one attached hydrogen (secondary N) is 1. The second-order valence-corrected chi connectivity index (χ2v) is 6.63. The summed E-state index contributed by atoms with van der Waals surface area (Å²) in [5.41, 5.74) is 2.29. The second-order valence-electron chi connectivity index (χ2n) is 6.63. The van der Waals surface area contributed by atoms with Crippen LogP contribution in [0.2, 0.25) is 0 Å². The Hall–Kier alpha value is -3.42. The zero-order valence-electron chi connectivity index (χ0n) is 16.9. The van der Waals surface area contributed by atoms with E-state index in [-0.39, 0.29) is 11.9 Å². The minimum atomic E-state index is -0.465. The molecule has 1 saturated heterocycles. The van der Waals surface area contributed by atoms with Gasteiger partial charge in [0.1, 0.15) is 18.1 Å². The fourth-order valence-electron chi connectivity index (χ4n) is 3.11. The minimum Gasteiger partial charge on any atom is -0.493 e. The largest absolute Gasteiger partial charge is 0.493 e. The molecule has 1 fully saturated rings. The predicted octanol–water partition coefficient (Wildman–Crippen LogP) is 2.27. The quantitative estimate of drug-likeness (QED) is 0.413. The number of carbonyl (C=O) groups excluding carboxylic acids is 2. The summed E-state index contributed by atoms with van der Waals surface area (Å²) in [5.74, 6) is 1.50. The topological polar surface area (TPSA) is 90.2 Å². The monoisotopic (exact) mass is 400 g/mol. The standard InChI is InChI=1S/C21H24N2O6/c1-13(7-20(24)28-4)22-17-11-23(21(17)25)15-10-16(29-12-15)8-14-5-6-18(26-2)19(9-14)27-3/h5-7,9-10,12,17,22H,8,11H2,1-4H3. The van der Waals surface area contributed by atoms with Crippen LogP contribution in [0.5, 0.6) is 11.5 Å². The number of nitrogens with zero attached hydrogens (tertiary/aromatic N) is 1. The summed E-state index contributed by atoms with van der Waals surface area (Å²) < 4.78 is 20.8. The molecule has 0 aliphatic carbocycles. The van der Waals surface area contributed by atoms with Crippen molar-refractivity contribution in [2.45, 2.75) is 19.4 Å². The average Bonchev–Trinajstić information content (AvgIpc) is 3.17. The third-order valence-corrected chi connectivity index (χ3v) is 4.64. The van der Waals surface area contributed by atoms with Crippen LogP contribution in [0.15, 0.2) is 46.7 Å². The number of amides is 1. The van der Waals surface area contributed by atoms with E-state index in [1.807, 2.05) is 24.3 Å². The maximum atomic E-state index is 12.4. The smallest absolute Gasteiger partial charge is 0.332 e. The highest BCUT2D eigenvalue weighted by molar-refractivity contribution is 6.04. The molecule has 1 N–H and O–H groups in total. The molecule has 2 aromatic rings. The molecule has 1 amide bonds. The summed E-state index contributed by atoms with van der Waals surface area (Å²) in [5, 5.41) is 3.01. The van der Waals surface area contributed by atoms with Gasteiger partial charge in [-0.1, -0.05) is 6.07 Å². The molecule has 154 valence electrons. The first-order chi connectivity index (χ1) is 13.9. The molecule has 1 aliphatic heterocycles. The van der Waals surface area contributed by atoms with Crippen LogP contribution in [-0.4, -0.2) is 45.8 Å². The van der Waals surface area contributed by atoms with Crippen LogP contribution in [0.4, 0.5) is 5.69 Å². The molecule has 3 rings (SSSR count). The van der Waals surface area contributed by atoms with Gasteiger partial charge in [0.2, 0.25) is 0 Å². The number of hydrogen-bond donors (Lipinski definition) is 1. The Kier molecular flexibility index (Phi) is 6.11. The number of ether oxygens (including phenoxy) is 3. The van der Waals surface area contributed by atoms with Crippen LogP contribution in [-0.2, 0) is 20.7 Å². The Morgan fingerprint density at radius 2 is 2.00 bits per heavy atom. The van der Waals surface area contributed by atoms with E-state index in [0.717, 1.165) is 11.3 Å². The van der Waals surface area contributed by atoms with Crippen molar-refractivity contribution < 1.29 is 28.2 Å². The minimum absolute atomic E-state index is 0.0823. The lowest BCUT2D eigenvalue weighted by atomic mass is 10.1. The SMILES string of the molecule is COC(=O)C=C(C)NC1CN(c2coc(Cc3ccc(OC)c(OC)c3)c2)C1=O. The van der Waals surface area contributed by atoms with Gasteiger partial charge >= 0.3 is 5.97 Å². The lowest BCUT2D eigenvalue weighted by Gasteiger charge is -2.38. The van der Waals surface area contributed by atoms with E-state index in [2.05, 4.69) is 10.1 Å². The van der Waals surface area contributed by atoms with Crippen LogP contribution in [0.3, 0.4) is 0 Å². The lowest BCUT2D eigenvalue weighted by molar-refractivity contribution is -0.135. The van der Waals surface area contributed by atoms with E-state index in [4.69, 9.17) is 13.9 Å². The Bertz CT molecular complexity index is 933. The first-order valence-corrected chi connectivity index (χ1v) is 9.07. The predicted molar refractivity (Wildman–Crippen MR) is 106 cm³/mol. The Morgan fingerprint density at radius 1 is 1.24 bits per heavy atom. The number of hydrogen-bond acceptors (Lipinski definition) is 7. The van der Waals surface area contributed by atoms with Gasteiger partial charge in [0, 0.05) is 24.3 Å². The van der Waals surface area contributed by atoms with Gasteiger partial charge < -0.3 is 28.8 Å². The molecule has 0 saturated carbocycles. The number of β-lactam (4-membered cyclic amide) rings is 1. The average molecular weight is 400 g/mol. The van der Waals surface area contributed by atoms with Gasteiger partial charge in [0.25, 0.3) is 5.91 Å². The molecule has 1 aliphatic rings. The van der Waals surface area contributed by atoms with Crippen LogP contribution in [0.25, 0.3) is 0 Å². The summed E-state index contributed by atoms with van der Waals surface area (Å²) in [4.78, 5) is 25.3. The fraction of sp³-hybridized carbons (Fsp3) is 0.333. The van der Waals surface area contributed by atoms with Crippen molar-refractivity contribution in [2.75, 3.05) is 32.8 Å². The van der Waals surface area contributed by atoms with Crippen molar-refractivity contribution in [1.29, 1.82) is 0 Å².